The minimum atomic E-state index is -0.382. The molecule has 2 aliphatic heterocycles. The van der Waals surface area contributed by atoms with E-state index >= 15 is 0 Å². The van der Waals surface area contributed by atoms with Crippen LogP contribution in [0.4, 0.5) is 16.2 Å². The number of hydrogen-bond donors (Lipinski definition) is 0. The van der Waals surface area contributed by atoms with Crippen LogP contribution in [0.5, 0.6) is 11.5 Å². The molecule has 2 heterocycles. The zero-order chi connectivity index (χ0) is 24.2. The molecule has 3 amide bonds. The molecule has 5 rings (SSSR count). The van der Waals surface area contributed by atoms with Crippen molar-refractivity contribution >= 4 is 23.3 Å². The summed E-state index contributed by atoms with van der Waals surface area (Å²) < 4.78 is 11.4. The van der Waals surface area contributed by atoms with Crippen LogP contribution in [-0.2, 0) is 4.79 Å². The molecule has 2 aliphatic rings. The van der Waals surface area contributed by atoms with E-state index in [1.165, 1.54) is 22.6 Å². The van der Waals surface area contributed by atoms with E-state index in [2.05, 4.69) is 4.90 Å². The van der Waals surface area contributed by atoms with Crippen LogP contribution in [0.1, 0.15) is 12.8 Å². The minimum absolute atomic E-state index is 0.0140. The van der Waals surface area contributed by atoms with Gasteiger partial charge in [-0.05, 0) is 61.3 Å². The highest BCUT2D eigenvalue weighted by atomic mass is 16.5. The Kier molecular flexibility index (Phi) is 6.68. The van der Waals surface area contributed by atoms with E-state index in [1.807, 2.05) is 54.6 Å². The summed E-state index contributed by atoms with van der Waals surface area (Å²) in [6.07, 6.45) is 2.48. The second-order valence-corrected chi connectivity index (χ2v) is 8.74. The maximum absolute atomic E-state index is 13.2. The number of imide groups is 1. The third-order valence-corrected chi connectivity index (χ3v) is 6.52. The number of ether oxygens (including phenoxy) is 2. The molecule has 0 N–H and O–H groups in total. The van der Waals surface area contributed by atoms with Gasteiger partial charge in [-0.25, -0.2) is 9.69 Å². The third kappa shape index (κ3) is 4.86. The summed E-state index contributed by atoms with van der Waals surface area (Å²) in [5.74, 6) is 0.810. The van der Waals surface area contributed by atoms with E-state index in [9.17, 15) is 9.59 Å². The molecule has 0 atom stereocenters. The number of carbonyl (C=O) groups is 2. The first-order chi connectivity index (χ1) is 17.1. The highest BCUT2D eigenvalue weighted by Crippen LogP contribution is 2.35. The molecular formula is C28H29N3O4. The molecule has 0 spiro atoms. The number of carbonyl (C=O) groups excluding carboxylic acids is 2. The summed E-state index contributed by atoms with van der Waals surface area (Å²) in [5.41, 5.74) is 3.29. The molecule has 0 saturated carbocycles. The number of anilines is 2. The number of nitrogens with zero attached hydrogens (tertiary/aromatic N) is 3. The van der Waals surface area contributed by atoms with Crippen molar-refractivity contribution in [1.29, 1.82) is 0 Å². The molecule has 3 aromatic rings. The fourth-order valence-corrected chi connectivity index (χ4v) is 4.63. The van der Waals surface area contributed by atoms with Crippen molar-refractivity contribution in [3.8, 4) is 22.6 Å². The number of amides is 3. The molecular weight excluding hydrogens is 442 g/mol. The van der Waals surface area contributed by atoms with Gasteiger partial charge in [0, 0.05) is 18.3 Å². The van der Waals surface area contributed by atoms with Crippen LogP contribution in [0.25, 0.3) is 11.1 Å². The van der Waals surface area contributed by atoms with E-state index in [0.717, 1.165) is 30.8 Å². The van der Waals surface area contributed by atoms with Gasteiger partial charge in [-0.3, -0.25) is 14.6 Å². The summed E-state index contributed by atoms with van der Waals surface area (Å²) in [4.78, 5) is 31.1. The van der Waals surface area contributed by atoms with Crippen molar-refractivity contribution < 1.29 is 19.1 Å². The van der Waals surface area contributed by atoms with Gasteiger partial charge in [0.25, 0.3) is 5.91 Å². The van der Waals surface area contributed by atoms with E-state index in [4.69, 9.17) is 9.47 Å². The summed E-state index contributed by atoms with van der Waals surface area (Å²) >= 11 is 0. The molecule has 7 heteroatoms. The highest BCUT2D eigenvalue weighted by Gasteiger charge is 2.38. The highest BCUT2D eigenvalue weighted by molar-refractivity contribution is 6.27. The molecule has 35 heavy (non-hydrogen) atoms. The van der Waals surface area contributed by atoms with Crippen LogP contribution >= 0.6 is 0 Å². The standard InChI is InChI=1S/C28H29N3O4/c1-34-26-19-24(13-14-25(26)35-18-17-29-15-5-6-16-29)31-27(32)20-30(28(31)33)23-11-9-22(10-12-23)21-7-3-2-4-8-21/h2-4,7-14,19H,5-6,15-18,20H2,1H3. The van der Waals surface area contributed by atoms with E-state index in [0.29, 0.717) is 29.5 Å². The summed E-state index contributed by atoms with van der Waals surface area (Å²) in [6, 6.07) is 22.5. The Labute approximate surface area is 205 Å². The van der Waals surface area contributed by atoms with Gasteiger partial charge in [0.15, 0.2) is 11.5 Å². The topological polar surface area (TPSA) is 62.3 Å². The van der Waals surface area contributed by atoms with Crippen LogP contribution < -0.4 is 19.3 Å². The van der Waals surface area contributed by atoms with Crippen molar-refractivity contribution in [2.45, 2.75) is 12.8 Å². The molecule has 0 aliphatic carbocycles. The van der Waals surface area contributed by atoms with Gasteiger partial charge < -0.3 is 9.47 Å². The number of benzene rings is 3. The van der Waals surface area contributed by atoms with Crippen molar-refractivity contribution in [2.75, 3.05) is 49.7 Å². The number of urea groups is 1. The smallest absolute Gasteiger partial charge is 0.336 e. The Hall–Kier alpha value is -3.84. The Morgan fingerprint density at radius 1 is 0.800 bits per heavy atom. The van der Waals surface area contributed by atoms with E-state index in [1.54, 1.807) is 25.3 Å². The lowest BCUT2D eigenvalue weighted by Crippen LogP contribution is -2.33. The molecule has 0 aromatic heterocycles. The first-order valence-electron chi connectivity index (χ1n) is 12.0. The van der Waals surface area contributed by atoms with Crippen LogP contribution in [-0.4, -0.2) is 56.7 Å². The number of rotatable bonds is 8. The van der Waals surface area contributed by atoms with Crippen LogP contribution in [0, 0.1) is 0 Å². The zero-order valence-electron chi connectivity index (χ0n) is 19.9. The maximum Gasteiger partial charge on any atom is 0.336 e. The Morgan fingerprint density at radius 2 is 1.49 bits per heavy atom. The quantitative estimate of drug-likeness (QED) is 0.441. The summed E-state index contributed by atoms with van der Waals surface area (Å²) in [6.45, 7) is 3.64. The lowest BCUT2D eigenvalue weighted by atomic mass is 10.1. The minimum Gasteiger partial charge on any atom is -0.493 e. The molecule has 180 valence electrons. The van der Waals surface area contributed by atoms with Gasteiger partial charge in [-0.1, -0.05) is 42.5 Å². The molecule has 2 fully saturated rings. The fourth-order valence-electron chi connectivity index (χ4n) is 4.63. The molecule has 0 radical (unpaired) electrons. The van der Waals surface area contributed by atoms with Gasteiger partial charge >= 0.3 is 6.03 Å². The number of hydrogen-bond acceptors (Lipinski definition) is 5. The average molecular weight is 472 g/mol. The Balaban J connectivity index is 1.29. The van der Waals surface area contributed by atoms with Crippen LogP contribution in [0.15, 0.2) is 72.8 Å². The third-order valence-electron chi connectivity index (χ3n) is 6.52. The lowest BCUT2D eigenvalue weighted by Gasteiger charge is -2.19. The van der Waals surface area contributed by atoms with Gasteiger partial charge in [-0.2, -0.15) is 0 Å². The second kappa shape index (κ2) is 10.2. The van der Waals surface area contributed by atoms with Crippen LogP contribution in [0.3, 0.4) is 0 Å². The van der Waals surface area contributed by atoms with Gasteiger partial charge in [0.2, 0.25) is 0 Å². The molecule has 0 bridgehead atoms. The Morgan fingerprint density at radius 3 is 2.20 bits per heavy atom. The van der Waals surface area contributed by atoms with Gasteiger partial charge in [0.1, 0.15) is 13.2 Å². The van der Waals surface area contributed by atoms with Crippen LogP contribution in [0.2, 0.25) is 0 Å². The van der Waals surface area contributed by atoms with E-state index in [-0.39, 0.29) is 18.5 Å². The van der Waals surface area contributed by atoms with Crippen molar-refractivity contribution in [3.05, 3.63) is 72.8 Å². The Bertz CT molecular complexity index is 1190. The normalized spacial score (nSPS) is 16.3. The lowest BCUT2D eigenvalue weighted by molar-refractivity contribution is -0.115. The first kappa shape index (κ1) is 22.9. The maximum atomic E-state index is 13.2. The predicted molar refractivity (Wildman–Crippen MR) is 136 cm³/mol. The van der Waals surface area contributed by atoms with Crippen molar-refractivity contribution in [3.63, 3.8) is 0 Å². The average Bonchev–Trinajstić information content (AvgIpc) is 3.52. The largest absolute Gasteiger partial charge is 0.493 e. The SMILES string of the molecule is COc1cc(N2C(=O)CN(c3ccc(-c4ccccc4)cc3)C2=O)ccc1OCCN1CCCC1. The molecule has 3 aromatic carbocycles. The molecule has 2 saturated heterocycles. The first-order valence-corrected chi connectivity index (χ1v) is 12.0. The summed E-state index contributed by atoms with van der Waals surface area (Å²) in [7, 11) is 1.56. The monoisotopic (exact) mass is 471 g/mol. The molecule has 0 unspecified atom stereocenters. The van der Waals surface area contributed by atoms with Gasteiger partial charge in [-0.15, -0.1) is 0 Å². The van der Waals surface area contributed by atoms with Crippen molar-refractivity contribution in [1.82, 2.24) is 4.90 Å². The van der Waals surface area contributed by atoms with E-state index < -0.39 is 0 Å². The number of likely N-dealkylation sites (tertiary alicyclic amines) is 1. The molecule has 7 nitrogen and oxygen atoms in total. The predicted octanol–water partition coefficient (Wildman–Crippen LogP) is 4.81. The fraction of sp³-hybridized carbons (Fsp3) is 0.286. The zero-order valence-corrected chi connectivity index (χ0v) is 19.9. The van der Waals surface area contributed by atoms with Crippen molar-refractivity contribution in [2.24, 2.45) is 0 Å². The number of methoxy groups -OCH3 is 1. The second-order valence-electron chi connectivity index (χ2n) is 8.74. The van der Waals surface area contributed by atoms with Gasteiger partial charge in [0.05, 0.1) is 12.8 Å². The summed E-state index contributed by atoms with van der Waals surface area (Å²) in [5, 5.41) is 0.